The third-order valence-electron chi connectivity index (χ3n) is 3.60. The molecule has 1 aromatic carbocycles. The summed E-state index contributed by atoms with van der Waals surface area (Å²) in [4.78, 5) is 11.1. The number of carboxylic acid groups (broad SMARTS) is 1. The zero-order chi connectivity index (χ0) is 13.8. The molecule has 5 nitrogen and oxygen atoms in total. The van der Waals surface area contributed by atoms with Gasteiger partial charge in [0.05, 0.1) is 7.11 Å². The van der Waals surface area contributed by atoms with Gasteiger partial charge in [-0.1, -0.05) is 0 Å². The zero-order valence-electron chi connectivity index (χ0n) is 11.0. The van der Waals surface area contributed by atoms with Crippen LogP contribution < -0.4 is 10.1 Å². The van der Waals surface area contributed by atoms with E-state index in [-0.39, 0.29) is 11.3 Å². The number of phenols is 1. The van der Waals surface area contributed by atoms with Crippen LogP contribution in [0.25, 0.3) is 0 Å². The van der Waals surface area contributed by atoms with Crippen molar-refractivity contribution in [3.05, 3.63) is 23.3 Å². The molecule has 2 rings (SSSR count). The van der Waals surface area contributed by atoms with Crippen LogP contribution in [0.4, 0.5) is 0 Å². The Balaban J connectivity index is 2.26. The fourth-order valence-electron chi connectivity index (χ4n) is 2.53. The first-order valence-electron chi connectivity index (χ1n) is 6.45. The summed E-state index contributed by atoms with van der Waals surface area (Å²) < 4.78 is 5.23. The molecule has 5 heteroatoms. The molecule has 0 unspecified atom stereocenters. The van der Waals surface area contributed by atoms with E-state index in [9.17, 15) is 9.90 Å². The van der Waals surface area contributed by atoms with Gasteiger partial charge in [0.2, 0.25) is 0 Å². The van der Waals surface area contributed by atoms with Crippen LogP contribution in [0, 0.1) is 5.92 Å². The topological polar surface area (TPSA) is 78.8 Å². The average Bonchev–Trinajstić information content (AvgIpc) is 2.41. The molecule has 0 spiro atoms. The van der Waals surface area contributed by atoms with Crippen molar-refractivity contribution in [2.45, 2.75) is 19.3 Å². The number of aromatic hydroxyl groups is 1. The van der Waals surface area contributed by atoms with E-state index in [1.54, 1.807) is 0 Å². The summed E-state index contributed by atoms with van der Waals surface area (Å²) in [6, 6.07) is 2.92. The summed E-state index contributed by atoms with van der Waals surface area (Å²) in [5.74, 6) is -0.285. The molecule has 0 amide bonds. The number of hydrogen-bond acceptors (Lipinski definition) is 4. The van der Waals surface area contributed by atoms with Crippen LogP contribution in [0.15, 0.2) is 12.1 Å². The number of piperidine rings is 1. The Morgan fingerprint density at radius 3 is 2.68 bits per heavy atom. The Labute approximate surface area is 112 Å². The summed E-state index contributed by atoms with van der Waals surface area (Å²) in [5.41, 5.74) is 0.786. The van der Waals surface area contributed by atoms with E-state index in [4.69, 9.17) is 9.84 Å². The molecule has 1 aliphatic heterocycles. The van der Waals surface area contributed by atoms with Crippen molar-refractivity contribution in [2.75, 3.05) is 20.2 Å². The molecule has 104 valence electrons. The predicted octanol–water partition coefficient (Wildman–Crippen LogP) is 1.64. The Morgan fingerprint density at radius 1 is 1.42 bits per heavy atom. The number of aromatic carboxylic acids is 1. The number of nitrogens with one attached hydrogen (secondary N) is 1. The van der Waals surface area contributed by atoms with Gasteiger partial charge in [-0.05, 0) is 49.9 Å². The number of carbonyl (C=O) groups is 1. The second kappa shape index (κ2) is 5.93. The molecule has 19 heavy (non-hydrogen) atoms. The van der Waals surface area contributed by atoms with Crippen LogP contribution in [0.2, 0.25) is 0 Å². The Morgan fingerprint density at radius 2 is 2.11 bits per heavy atom. The molecule has 0 bridgehead atoms. The monoisotopic (exact) mass is 265 g/mol. The molecular formula is C14H19NO4. The maximum atomic E-state index is 11.1. The number of benzene rings is 1. The summed E-state index contributed by atoms with van der Waals surface area (Å²) in [6.07, 6.45) is 2.93. The Kier molecular flexibility index (Phi) is 4.27. The molecule has 0 atom stereocenters. The van der Waals surface area contributed by atoms with Crippen LogP contribution in [-0.4, -0.2) is 36.4 Å². The smallest absolute Gasteiger partial charge is 0.339 e. The van der Waals surface area contributed by atoms with Crippen LogP contribution >= 0.6 is 0 Å². The quantitative estimate of drug-likeness (QED) is 0.771. The summed E-state index contributed by atoms with van der Waals surface area (Å²) in [7, 11) is 1.53. The van der Waals surface area contributed by atoms with Gasteiger partial charge in [0, 0.05) is 6.07 Å². The summed E-state index contributed by atoms with van der Waals surface area (Å²) >= 11 is 0. The largest absolute Gasteiger partial charge is 0.507 e. The number of ether oxygens (including phenoxy) is 1. The highest BCUT2D eigenvalue weighted by molar-refractivity contribution is 5.91. The lowest BCUT2D eigenvalue weighted by Gasteiger charge is -2.23. The Hall–Kier alpha value is -1.75. The highest BCUT2D eigenvalue weighted by atomic mass is 16.5. The van der Waals surface area contributed by atoms with Gasteiger partial charge in [0.25, 0.3) is 0 Å². The van der Waals surface area contributed by atoms with Crippen LogP contribution in [0.3, 0.4) is 0 Å². The molecule has 0 radical (unpaired) electrons. The second-order valence-electron chi connectivity index (χ2n) is 4.88. The van der Waals surface area contributed by atoms with Crippen molar-refractivity contribution < 1.29 is 19.7 Å². The molecular weight excluding hydrogens is 246 g/mol. The molecule has 1 saturated heterocycles. The van der Waals surface area contributed by atoms with Crippen molar-refractivity contribution in [2.24, 2.45) is 5.92 Å². The van der Waals surface area contributed by atoms with E-state index in [1.807, 2.05) is 0 Å². The second-order valence-corrected chi connectivity index (χ2v) is 4.88. The number of methoxy groups -OCH3 is 1. The fraction of sp³-hybridized carbons (Fsp3) is 0.500. The number of rotatable bonds is 4. The standard InChI is InChI=1S/C14H19NO4/c1-19-13-8-12(16)11(14(17)18)7-10(13)6-9-2-4-15-5-3-9/h7-9,15-16H,2-6H2,1H3,(H,17,18). The van der Waals surface area contributed by atoms with E-state index in [1.165, 1.54) is 19.2 Å². The van der Waals surface area contributed by atoms with Gasteiger partial charge >= 0.3 is 5.97 Å². The highest BCUT2D eigenvalue weighted by Crippen LogP contribution is 2.31. The molecule has 1 aromatic rings. The van der Waals surface area contributed by atoms with Crippen LogP contribution in [0.1, 0.15) is 28.8 Å². The summed E-state index contributed by atoms with van der Waals surface area (Å²) in [6.45, 7) is 1.99. The molecule has 0 aliphatic carbocycles. The molecule has 1 heterocycles. The first-order valence-corrected chi connectivity index (χ1v) is 6.45. The minimum Gasteiger partial charge on any atom is -0.507 e. The fourth-order valence-corrected chi connectivity index (χ4v) is 2.53. The van der Waals surface area contributed by atoms with Gasteiger partial charge in [0.1, 0.15) is 17.1 Å². The molecule has 3 N–H and O–H groups in total. The van der Waals surface area contributed by atoms with Crippen molar-refractivity contribution in [1.29, 1.82) is 0 Å². The van der Waals surface area contributed by atoms with Gasteiger partial charge in [-0.25, -0.2) is 4.79 Å². The third kappa shape index (κ3) is 3.17. The maximum Gasteiger partial charge on any atom is 0.339 e. The first kappa shape index (κ1) is 13.7. The third-order valence-corrected chi connectivity index (χ3v) is 3.60. The van der Waals surface area contributed by atoms with E-state index in [0.29, 0.717) is 11.7 Å². The Bertz CT molecular complexity index is 467. The van der Waals surface area contributed by atoms with Crippen molar-refractivity contribution >= 4 is 5.97 Å². The number of carboxylic acids is 1. The molecule has 0 aromatic heterocycles. The van der Waals surface area contributed by atoms with Gasteiger partial charge in [-0.2, -0.15) is 0 Å². The minimum atomic E-state index is -1.12. The maximum absolute atomic E-state index is 11.1. The SMILES string of the molecule is COc1cc(O)c(C(=O)O)cc1CC1CCNCC1. The van der Waals surface area contributed by atoms with Gasteiger partial charge in [-0.15, -0.1) is 0 Å². The minimum absolute atomic E-state index is 0.0651. The summed E-state index contributed by atoms with van der Waals surface area (Å²) in [5, 5.41) is 22.0. The number of hydrogen-bond donors (Lipinski definition) is 3. The van der Waals surface area contributed by atoms with Crippen LogP contribution in [-0.2, 0) is 6.42 Å². The molecule has 1 fully saturated rings. The zero-order valence-corrected chi connectivity index (χ0v) is 11.0. The van der Waals surface area contributed by atoms with E-state index < -0.39 is 5.97 Å². The molecule has 1 aliphatic rings. The van der Waals surface area contributed by atoms with E-state index in [2.05, 4.69) is 5.32 Å². The van der Waals surface area contributed by atoms with Gasteiger partial charge in [0.15, 0.2) is 0 Å². The van der Waals surface area contributed by atoms with Gasteiger partial charge < -0.3 is 20.3 Å². The van der Waals surface area contributed by atoms with Gasteiger partial charge in [-0.3, -0.25) is 0 Å². The van der Waals surface area contributed by atoms with Crippen molar-refractivity contribution in [3.8, 4) is 11.5 Å². The highest BCUT2D eigenvalue weighted by Gasteiger charge is 2.19. The lowest BCUT2D eigenvalue weighted by atomic mass is 9.90. The van der Waals surface area contributed by atoms with E-state index >= 15 is 0 Å². The van der Waals surface area contributed by atoms with Crippen molar-refractivity contribution in [1.82, 2.24) is 5.32 Å². The lowest BCUT2D eigenvalue weighted by molar-refractivity contribution is 0.0693. The van der Waals surface area contributed by atoms with Crippen molar-refractivity contribution in [3.63, 3.8) is 0 Å². The first-order chi connectivity index (χ1) is 9.11. The lowest BCUT2D eigenvalue weighted by Crippen LogP contribution is -2.28. The average molecular weight is 265 g/mol. The normalized spacial score (nSPS) is 16.3. The van der Waals surface area contributed by atoms with E-state index in [0.717, 1.165) is 37.9 Å². The predicted molar refractivity (Wildman–Crippen MR) is 70.9 cm³/mol. The van der Waals surface area contributed by atoms with Crippen LogP contribution in [0.5, 0.6) is 11.5 Å². The molecule has 0 saturated carbocycles.